The number of carbonyl (C=O) groups is 1. The van der Waals surface area contributed by atoms with Crippen LogP contribution in [-0.4, -0.2) is 15.9 Å². The summed E-state index contributed by atoms with van der Waals surface area (Å²) in [6.07, 6.45) is 1.44. The van der Waals surface area contributed by atoms with E-state index in [0.717, 1.165) is 16.2 Å². The molecular weight excluding hydrogens is 341 g/mol. The van der Waals surface area contributed by atoms with E-state index in [1.807, 2.05) is 0 Å². The quantitative estimate of drug-likeness (QED) is 0.399. The molecule has 0 saturated carbocycles. The van der Waals surface area contributed by atoms with Gasteiger partial charge in [0.25, 0.3) is 5.91 Å². The lowest BCUT2D eigenvalue weighted by molar-refractivity contribution is -0.380. The van der Waals surface area contributed by atoms with Crippen LogP contribution in [0.1, 0.15) is 5.56 Å². The summed E-state index contributed by atoms with van der Waals surface area (Å²) in [4.78, 5) is 23.7. The lowest BCUT2D eigenvalue weighted by Gasteiger charge is -2.14. The molecule has 2 aromatic rings. The summed E-state index contributed by atoms with van der Waals surface area (Å²) < 4.78 is 13.9. The van der Waals surface area contributed by atoms with Crippen molar-refractivity contribution in [3.63, 3.8) is 0 Å². The number of nitrogens with one attached hydrogen (secondary N) is 1. The molecule has 1 amide bonds. The molecule has 0 bridgehead atoms. The van der Waals surface area contributed by atoms with Crippen LogP contribution in [0.3, 0.4) is 0 Å². The van der Waals surface area contributed by atoms with E-state index in [9.17, 15) is 19.3 Å². The molecule has 1 aliphatic heterocycles. The zero-order valence-corrected chi connectivity index (χ0v) is 13.0. The van der Waals surface area contributed by atoms with Gasteiger partial charge in [-0.3, -0.25) is 14.9 Å². The minimum atomic E-state index is -0.572. The van der Waals surface area contributed by atoms with Gasteiger partial charge in [-0.15, -0.1) is 0 Å². The zero-order chi connectivity index (χ0) is 16.6. The number of nitro groups is 1. The Bertz CT molecular complexity index is 862. The number of hydrogen-bond donors (Lipinski definition) is 1. The van der Waals surface area contributed by atoms with Crippen molar-refractivity contribution in [1.82, 2.24) is 5.32 Å². The van der Waals surface area contributed by atoms with Gasteiger partial charge in [-0.1, -0.05) is 23.5 Å². The van der Waals surface area contributed by atoms with Crippen molar-refractivity contribution in [2.45, 2.75) is 0 Å². The number of benzene rings is 1. The highest BCUT2D eigenvalue weighted by Crippen LogP contribution is 2.27. The molecule has 1 aromatic heterocycles. The van der Waals surface area contributed by atoms with Crippen LogP contribution in [0.2, 0.25) is 0 Å². The lowest BCUT2D eigenvalue weighted by Crippen LogP contribution is -2.31. The zero-order valence-electron chi connectivity index (χ0n) is 11.4. The van der Waals surface area contributed by atoms with E-state index < -0.39 is 16.6 Å². The largest absolute Gasteiger partial charge is 0.327 e. The standard InChI is InChI=1S/C14H8FN3O3S2/c15-9-3-1-2-4-11(9)17-13(19)10(16-14(17)22)5-8-6-12(18(20)21)23-7-8/h1-7H,(H,16,22)/b10-5-. The molecule has 0 atom stereocenters. The molecule has 1 saturated heterocycles. The Kier molecular flexibility index (Phi) is 3.89. The highest BCUT2D eigenvalue weighted by atomic mass is 32.1. The van der Waals surface area contributed by atoms with Crippen LogP contribution in [0, 0.1) is 15.9 Å². The van der Waals surface area contributed by atoms with Gasteiger partial charge in [0, 0.05) is 11.4 Å². The van der Waals surface area contributed by atoms with Crippen molar-refractivity contribution in [3.05, 3.63) is 62.9 Å². The Morgan fingerprint density at radius 3 is 2.78 bits per heavy atom. The normalized spacial score (nSPS) is 16.0. The van der Waals surface area contributed by atoms with E-state index >= 15 is 0 Å². The molecule has 0 radical (unpaired) electrons. The van der Waals surface area contributed by atoms with Crippen molar-refractivity contribution >= 4 is 51.3 Å². The SMILES string of the molecule is O=C1/C(=C/c2csc([N+](=O)[O-])c2)NC(=S)N1c1ccccc1F. The molecule has 2 heterocycles. The molecule has 1 fully saturated rings. The van der Waals surface area contributed by atoms with Crippen LogP contribution in [0.4, 0.5) is 15.1 Å². The van der Waals surface area contributed by atoms with Crippen molar-refractivity contribution in [1.29, 1.82) is 0 Å². The van der Waals surface area contributed by atoms with E-state index in [-0.39, 0.29) is 21.5 Å². The van der Waals surface area contributed by atoms with Crippen LogP contribution >= 0.6 is 23.6 Å². The molecule has 23 heavy (non-hydrogen) atoms. The first-order chi connectivity index (χ1) is 11.0. The van der Waals surface area contributed by atoms with Crippen LogP contribution in [-0.2, 0) is 4.79 Å². The topological polar surface area (TPSA) is 75.5 Å². The summed E-state index contributed by atoms with van der Waals surface area (Å²) >= 11 is 6.03. The molecular formula is C14H8FN3O3S2. The number of thiocarbonyl (C=S) groups is 1. The fourth-order valence-electron chi connectivity index (χ4n) is 2.06. The van der Waals surface area contributed by atoms with E-state index in [4.69, 9.17) is 12.2 Å². The van der Waals surface area contributed by atoms with Crippen molar-refractivity contribution in [2.24, 2.45) is 0 Å². The van der Waals surface area contributed by atoms with Gasteiger partial charge in [-0.2, -0.15) is 0 Å². The van der Waals surface area contributed by atoms with Crippen LogP contribution in [0.15, 0.2) is 41.4 Å². The third kappa shape index (κ3) is 2.83. The number of hydrogen-bond acceptors (Lipinski definition) is 5. The van der Waals surface area contributed by atoms with Crippen LogP contribution in [0.25, 0.3) is 6.08 Å². The summed E-state index contributed by atoms with van der Waals surface area (Å²) in [5.41, 5.74) is 0.677. The Hall–Kier alpha value is -2.65. The first kappa shape index (κ1) is 15.3. The molecule has 3 rings (SSSR count). The molecule has 1 aromatic carbocycles. The van der Waals surface area contributed by atoms with E-state index in [1.165, 1.54) is 30.3 Å². The molecule has 9 heteroatoms. The van der Waals surface area contributed by atoms with E-state index in [1.54, 1.807) is 11.4 Å². The van der Waals surface area contributed by atoms with Gasteiger partial charge in [0.1, 0.15) is 11.5 Å². The summed E-state index contributed by atoms with van der Waals surface area (Å²) in [5.74, 6) is -1.09. The maximum Gasteiger partial charge on any atom is 0.324 e. The molecule has 0 unspecified atom stereocenters. The number of para-hydroxylation sites is 1. The Balaban J connectivity index is 1.93. The maximum atomic E-state index is 13.9. The minimum Gasteiger partial charge on any atom is -0.327 e. The highest BCUT2D eigenvalue weighted by Gasteiger charge is 2.33. The number of anilines is 1. The fraction of sp³-hybridized carbons (Fsp3) is 0. The van der Waals surface area contributed by atoms with Gasteiger partial charge in [-0.25, -0.2) is 9.29 Å². The van der Waals surface area contributed by atoms with Crippen LogP contribution in [0.5, 0.6) is 0 Å². The fourth-order valence-corrected chi connectivity index (χ4v) is 3.04. The molecule has 1 aliphatic rings. The van der Waals surface area contributed by atoms with Gasteiger partial charge in [-0.05, 0) is 36.0 Å². The average molecular weight is 349 g/mol. The highest BCUT2D eigenvalue weighted by molar-refractivity contribution is 7.80. The van der Waals surface area contributed by atoms with E-state index in [2.05, 4.69) is 5.32 Å². The first-order valence-corrected chi connectivity index (χ1v) is 7.61. The monoisotopic (exact) mass is 349 g/mol. The number of thiophene rings is 1. The Morgan fingerprint density at radius 2 is 2.13 bits per heavy atom. The number of carbonyl (C=O) groups excluding carboxylic acids is 1. The summed E-state index contributed by atoms with van der Waals surface area (Å²) in [6.45, 7) is 0. The predicted octanol–water partition coefficient (Wildman–Crippen LogP) is 3.06. The summed E-state index contributed by atoms with van der Waals surface area (Å²) in [7, 11) is 0. The average Bonchev–Trinajstić information content (AvgIpc) is 3.07. The van der Waals surface area contributed by atoms with Gasteiger partial charge in [0.05, 0.1) is 10.6 Å². The van der Waals surface area contributed by atoms with Gasteiger partial charge < -0.3 is 5.32 Å². The van der Waals surface area contributed by atoms with Gasteiger partial charge in [0.15, 0.2) is 5.11 Å². The van der Waals surface area contributed by atoms with Crippen LogP contribution < -0.4 is 10.2 Å². The summed E-state index contributed by atoms with van der Waals surface area (Å²) in [5, 5.41) is 15.0. The van der Waals surface area contributed by atoms with Crippen molar-refractivity contribution in [2.75, 3.05) is 4.90 Å². The minimum absolute atomic E-state index is 0.0316. The second kappa shape index (κ2) is 5.86. The molecule has 1 N–H and O–H groups in total. The number of rotatable bonds is 3. The Labute approximate surface area is 139 Å². The van der Waals surface area contributed by atoms with Crippen molar-refractivity contribution < 1.29 is 14.1 Å². The van der Waals surface area contributed by atoms with Gasteiger partial charge >= 0.3 is 5.00 Å². The smallest absolute Gasteiger partial charge is 0.324 e. The second-order valence-electron chi connectivity index (χ2n) is 4.56. The molecule has 116 valence electrons. The third-order valence-corrected chi connectivity index (χ3v) is 4.25. The van der Waals surface area contributed by atoms with E-state index in [0.29, 0.717) is 5.56 Å². The lowest BCUT2D eigenvalue weighted by atomic mass is 10.2. The number of halogens is 1. The second-order valence-corrected chi connectivity index (χ2v) is 5.83. The maximum absolute atomic E-state index is 13.9. The Morgan fingerprint density at radius 1 is 1.39 bits per heavy atom. The first-order valence-electron chi connectivity index (χ1n) is 6.32. The van der Waals surface area contributed by atoms with Gasteiger partial charge in [0.2, 0.25) is 0 Å². The number of amides is 1. The van der Waals surface area contributed by atoms with Crippen molar-refractivity contribution in [3.8, 4) is 0 Å². The number of nitrogens with zero attached hydrogens (tertiary/aromatic N) is 2. The predicted molar refractivity (Wildman–Crippen MR) is 88.6 cm³/mol. The summed E-state index contributed by atoms with van der Waals surface area (Å²) in [6, 6.07) is 7.13. The molecule has 6 nitrogen and oxygen atoms in total. The molecule has 0 aliphatic carbocycles. The molecule has 0 spiro atoms. The third-order valence-electron chi connectivity index (χ3n) is 3.07.